The van der Waals surface area contributed by atoms with E-state index in [1.807, 2.05) is 0 Å². The van der Waals surface area contributed by atoms with Crippen LogP contribution in [0.1, 0.15) is 24.4 Å². The van der Waals surface area contributed by atoms with Gasteiger partial charge in [0.15, 0.2) is 0 Å². The number of aromatic nitrogens is 2. The van der Waals surface area contributed by atoms with Crippen molar-refractivity contribution in [3.8, 4) is 0 Å². The zero-order valence-corrected chi connectivity index (χ0v) is 8.36. The highest BCUT2D eigenvalue weighted by atomic mass is 19.4. The van der Waals surface area contributed by atoms with Gasteiger partial charge in [-0.3, -0.25) is 0 Å². The molecular weight excluding hydrogens is 221 g/mol. The van der Waals surface area contributed by atoms with Crippen LogP contribution in [-0.2, 0) is 6.18 Å². The molecule has 3 nitrogen and oxygen atoms in total. The van der Waals surface area contributed by atoms with E-state index in [2.05, 4.69) is 4.98 Å². The molecule has 2 aromatic rings. The zero-order chi connectivity index (χ0) is 11.9. The molecule has 2 aromatic heterocycles. The van der Waals surface area contributed by atoms with E-state index in [1.165, 1.54) is 23.6 Å². The molecule has 0 radical (unpaired) electrons. The maximum absolute atomic E-state index is 12.6. The maximum atomic E-state index is 12.6. The highest BCUT2D eigenvalue weighted by molar-refractivity contribution is 5.55. The van der Waals surface area contributed by atoms with Gasteiger partial charge in [0.2, 0.25) is 0 Å². The first kappa shape index (κ1) is 10.9. The monoisotopic (exact) mass is 230 g/mol. The first-order chi connectivity index (χ1) is 7.41. The fourth-order valence-corrected chi connectivity index (χ4v) is 1.59. The van der Waals surface area contributed by atoms with Crippen LogP contribution in [0.2, 0.25) is 0 Å². The van der Waals surface area contributed by atoms with Crippen molar-refractivity contribution in [2.45, 2.75) is 19.2 Å². The van der Waals surface area contributed by atoms with Crippen molar-refractivity contribution in [1.82, 2.24) is 9.38 Å². The average Bonchev–Trinajstić information content (AvgIpc) is 2.58. The molecule has 6 heteroatoms. The molecule has 16 heavy (non-hydrogen) atoms. The lowest BCUT2D eigenvalue weighted by Crippen LogP contribution is -2.08. The van der Waals surface area contributed by atoms with Gasteiger partial charge in [0.25, 0.3) is 0 Å². The first-order valence-electron chi connectivity index (χ1n) is 4.62. The Morgan fingerprint density at radius 3 is 2.69 bits per heavy atom. The summed E-state index contributed by atoms with van der Waals surface area (Å²) in [5.41, 5.74) is -0.805. The molecule has 0 aliphatic rings. The van der Waals surface area contributed by atoms with Gasteiger partial charge in [-0.15, -0.1) is 0 Å². The number of aliphatic hydroxyl groups is 1. The standard InChI is InChI=1S/C10H9F3N2O/c1-6(16)9-14-5-8-7(10(11,12)13)3-2-4-15(8)9/h2-6,16H,1H3. The van der Waals surface area contributed by atoms with E-state index in [-0.39, 0.29) is 11.3 Å². The Kier molecular flexibility index (Phi) is 2.38. The van der Waals surface area contributed by atoms with Crippen LogP contribution in [-0.4, -0.2) is 14.5 Å². The van der Waals surface area contributed by atoms with Gasteiger partial charge >= 0.3 is 6.18 Å². The molecule has 1 atom stereocenters. The summed E-state index contributed by atoms with van der Waals surface area (Å²) >= 11 is 0. The van der Waals surface area contributed by atoms with E-state index in [1.54, 1.807) is 0 Å². The quantitative estimate of drug-likeness (QED) is 0.816. The third kappa shape index (κ3) is 1.65. The van der Waals surface area contributed by atoms with Gasteiger partial charge in [-0.1, -0.05) is 0 Å². The molecule has 0 amide bonds. The van der Waals surface area contributed by atoms with Crippen LogP contribution >= 0.6 is 0 Å². The highest BCUT2D eigenvalue weighted by Gasteiger charge is 2.33. The molecule has 0 spiro atoms. The number of halogens is 3. The Balaban J connectivity index is 2.72. The molecule has 2 heterocycles. The van der Waals surface area contributed by atoms with E-state index in [0.717, 1.165) is 12.3 Å². The number of hydrogen-bond donors (Lipinski definition) is 1. The Bertz CT molecular complexity index is 516. The second-order valence-corrected chi connectivity index (χ2v) is 3.47. The molecule has 0 saturated heterocycles. The van der Waals surface area contributed by atoms with Gasteiger partial charge in [0.1, 0.15) is 11.9 Å². The topological polar surface area (TPSA) is 37.5 Å². The largest absolute Gasteiger partial charge is 0.418 e. The molecule has 2 rings (SSSR count). The van der Waals surface area contributed by atoms with Crippen molar-refractivity contribution in [2.75, 3.05) is 0 Å². The number of fused-ring (bicyclic) bond motifs is 1. The SMILES string of the molecule is CC(O)c1ncc2c(C(F)(F)F)cccn12. The predicted molar refractivity (Wildman–Crippen MR) is 50.8 cm³/mol. The third-order valence-electron chi connectivity index (χ3n) is 2.28. The first-order valence-corrected chi connectivity index (χ1v) is 4.62. The minimum Gasteiger partial charge on any atom is -0.385 e. The van der Waals surface area contributed by atoms with Crippen LogP contribution in [0.3, 0.4) is 0 Å². The predicted octanol–water partition coefficient (Wildman–Crippen LogP) is 2.41. The van der Waals surface area contributed by atoms with Crippen LogP contribution in [0.5, 0.6) is 0 Å². The normalized spacial score (nSPS) is 14.3. The number of pyridine rings is 1. The summed E-state index contributed by atoms with van der Waals surface area (Å²) in [5, 5.41) is 9.34. The fraction of sp³-hybridized carbons (Fsp3) is 0.300. The number of hydrogen-bond acceptors (Lipinski definition) is 2. The molecule has 1 unspecified atom stereocenters. The fourth-order valence-electron chi connectivity index (χ4n) is 1.59. The van der Waals surface area contributed by atoms with Gasteiger partial charge in [-0.2, -0.15) is 13.2 Å². The van der Waals surface area contributed by atoms with E-state index in [0.29, 0.717) is 0 Å². The van der Waals surface area contributed by atoms with Crippen LogP contribution < -0.4 is 0 Å². The summed E-state index contributed by atoms with van der Waals surface area (Å²) < 4.78 is 39.1. The van der Waals surface area contributed by atoms with Gasteiger partial charge in [-0.05, 0) is 19.1 Å². The lowest BCUT2D eigenvalue weighted by atomic mass is 10.2. The highest BCUT2D eigenvalue weighted by Crippen LogP contribution is 2.33. The molecule has 86 valence electrons. The second kappa shape index (κ2) is 3.48. The molecule has 0 aliphatic heterocycles. The van der Waals surface area contributed by atoms with Crippen LogP contribution in [0.25, 0.3) is 5.52 Å². The third-order valence-corrected chi connectivity index (χ3v) is 2.28. The molecule has 0 saturated carbocycles. The van der Waals surface area contributed by atoms with Crippen molar-refractivity contribution in [3.63, 3.8) is 0 Å². The Morgan fingerprint density at radius 1 is 1.44 bits per heavy atom. The number of aliphatic hydroxyl groups excluding tert-OH is 1. The van der Waals surface area contributed by atoms with E-state index in [4.69, 9.17) is 0 Å². The summed E-state index contributed by atoms with van der Waals surface area (Å²) in [6.45, 7) is 1.45. The Hall–Kier alpha value is -1.56. The van der Waals surface area contributed by atoms with Gasteiger partial charge < -0.3 is 9.51 Å². The van der Waals surface area contributed by atoms with Crippen LogP contribution in [0.15, 0.2) is 24.5 Å². The maximum Gasteiger partial charge on any atom is 0.418 e. The summed E-state index contributed by atoms with van der Waals surface area (Å²) in [6.07, 6.45) is -2.77. The average molecular weight is 230 g/mol. The van der Waals surface area contributed by atoms with Crippen molar-refractivity contribution in [1.29, 1.82) is 0 Å². The number of nitrogens with zero attached hydrogens (tertiary/aromatic N) is 2. The van der Waals surface area contributed by atoms with E-state index < -0.39 is 17.8 Å². The van der Waals surface area contributed by atoms with Crippen LogP contribution in [0.4, 0.5) is 13.2 Å². The second-order valence-electron chi connectivity index (χ2n) is 3.47. The number of alkyl halides is 3. The number of imidazole rings is 1. The van der Waals surface area contributed by atoms with Gasteiger partial charge in [0, 0.05) is 6.20 Å². The molecule has 0 bridgehead atoms. The van der Waals surface area contributed by atoms with E-state index in [9.17, 15) is 18.3 Å². The molecule has 0 aliphatic carbocycles. The van der Waals surface area contributed by atoms with Crippen molar-refractivity contribution in [2.24, 2.45) is 0 Å². The summed E-state index contributed by atoms with van der Waals surface area (Å²) in [4.78, 5) is 3.78. The summed E-state index contributed by atoms with van der Waals surface area (Å²) in [7, 11) is 0. The van der Waals surface area contributed by atoms with Crippen LogP contribution in [0, 0.1) is 0 Å². The van der Waals surface area contributed by atoms with E-state index >= 15 is 0 Å². The summed E-state index contributed by atoms with van der Waals surface area (Å²) in [6, 6.07) is 2.27. The van der Waals surface area contributed by atoms with Crippen molar-refractivity contribution in [3.05, 3.63) is 35.9 Å². The Labute approximate surface area is 89.2 Å². The zero-order valence-electron chi connectivity index (χ0n) is 8.36. The minimum atomic E-state index is -4.42. The van der Waals surface area contributed by atoms with Gasteiger partial charge in [-0.25, -0.2) is 4.98 Å². The summed E-state index contributed by atoms with van der Waals surface area (Å²) in [5.74, 6) is 0.195. The molecular formula is C10H9F3N2O. The van der Waals surface area contributed by atoms with Crippen molar-refractivity contribution >= 4 is 5.52 Å². The minimum absolute atomic E-state index is 0.0501. The molecule has 1 N–H and O–H groups in total. The lowest BCUT2D eigenvalue weighted by Gasteiger charge is -2.09. The molecule has 0 fully saturated rings. The Morgan fingerprint density at radius 2 is 2.12 bits per heavy atom. The lowest BCUT2D eigenvalue weighted by molar-refractivity contribution is -0.136. The number of rotatable bonds is 1. The van der Waals surface area contributed by atoms with Crippen molar-refractivity contribution < 1.29 is 18.3 Å². The molecule has 0 aromatic carbocycles. The van der Waals surface area contributed by atoms with Gasteiger partial charge in [0.05, 0.1) is 17.3 Å². The smallest absolute Gasteiger partial charge is 0.385 e.